The Morgan fingerprint density at radius 3 is 2.55 bits per heavy atom. The first-order chi connectivity index (χ1) is 9.37. The zero-order valence-corrected chi connectivity index (χ0v) is 13.0. The van der Waals surface area contributed by atoms with Crippen LogP contribution in [0.15, 0.2) is 0 Å². The first-order valence-corrected chi connectivity index (χ1v) is 7.91. The van der Waals surface area contributed by atoms with Crippen LogP contribution in [0, 0.1) is 5.92 Å². The lowest BCUT2D eigenvalue weighted by molar-refractivity contribution is -0.136. The van der Waals surface area contributed by atoms with Crippen LogP contribution in [0.1, 0.15) is 52.9 Å². The fourth-order valence-electron chi connectivity index (χ4n) is 2.92. The molecule has 20 heavy (non-hydrogen) atoms. The average molecular weight is 294 g/mol. The molecule has 3 unspecified atom stereocenters. The van der Waals surface area contributed by atoms with Gasteiger partial charge in [-0.3, -0.25) is 4.90 Å². The predicted molar refractivity (Wildman–Crippen MR) is 76.8 cm³/mol. The van der Waals surface area contributed by atoms with Crippen molar-refractivity contribution in [3.63, 3.8) is 0 Å². The standard InChI is InChI=1S/C15H29F3N2/c1-4-7-13-10-19-14(12(3)5-2)11-20(13)9-6-8-15(16,17)18/h12-14,19H,4-11H2,1-3H3. The van der Waals surface area contributed by atoms with Gasteiger partial charge in [-0.15, -0.1) is 0 Å². The molecule has 1 heterocycles. The fourth-order valence-corrected chi connectivity index (χ4v) is 2.92. The number of halogens is 3. The number of nitrogens with one attached hydrogen (secondary N) is 1. The van der Waals surface area contributed by atoms with Gasteiger partial charge in [0.15, 0.2) is 0 Å². The van der Waals surface area contributed by atoms with Gasteiger partial charge in [0.05, 0.1) is 0 Å². The van der Waals surface area contributed by atoms with E-state index in [1.165, 1.54) is 0 Å². The van der Waals surface area contributed by atoms with Gasteiger partial charge in [0.2, 0.25) is 0 Å². The number of hydrogen-bond acceptors (Lipinski definition) is 2. The van der Waals surface area contributed by atoms with E-state index in [-0.39, 0.29) is 6.42 Å². The van der Waals surface area contributed by atoms with Crippen LogP contribution in [-0.4, -0.2) is 42.8 Å². The minimum atomic E-state index is -4.02. The normalized spacial score (nSPS) is 26.7. The van der Waals surface area contributed by atoms with E-state index in [0.717, 1.165) is 32.4 Å². The van der Waals surface area contributed by atoms with Crippen LogP contribution in [0.2, 0.25) is 0 Å². The van der Waals surface area contributed by atoms with Gasteiger partial charge < -0.3 is 5.32 Å². The Bertz CT molecular complexity index is 268. The van der Waals surface area contributed by atoms with E-state index in [2.05, 4.69) is 31.0 Å². The minimum Gasteiger partial charge on any atom is -0.311 e. The molecule has 1 aliphatic rings. The molecule has 0 aromatic heterocycles. The van der Waals surface area contributed by atoms with Gasteiger partial charge in [-0.2, -0.15) is 13.2 Å². The molecule has 3 atom stereocenters. The van der Waals surface area contributed by atoms with Crippen molar-refractivity contribution in [2.75, 3.05) is 19.6 Å². The summed E-state index contributed by atoms with van der Waals surface area (Å²) in [5, 5.41) is 3.58. The van der Waals surface area contributed by atoms with E-state index < -0.39 is 12.6 Å². The van der Waals surface area contributed by atoms with Gasteiger partial charge in [0.25, 0.3) is 0 Å². The lowest BCUT2D eigenvalue weighted by atomic mass is 9.94. The molecule has 120 valence electrons. The third-order valence-electron chi connectivity index (χ3n) is 4.42. The molecule has 2 nitrogen and oxygen atoms in total. The van der Waals surface area contributed by atoms with Gasteiger partial charge in [-0.1, -0.05) is 33.6 Å². The molecule has 0 aliphatic carbocycles. The summed E-state index contributed by atoms with van der Waals surface area (Å²) in [5.41, 5.74) is 0. The van der Waals surface area contributed by atoms with Crippen LogP contribution in [0.25, 0.3) is 0 Å². The first-order valence-electron chi connectivity index (χ1n) is 7.91. The maximum absolute atomic E-state index is 12.3. The van der Waals surface area contributed by atoms with Crippen molar-refractivity contribution < 1.29 is 13.2 Å². The molecule has 1 N–H and O–H groups in total. The molecule has 0 saturated carbocycles. The van der Waals surface area contributed by atoms with Crippen LogP contribution < -0.4 is 5.32 Å². The number of hydrogen-bond donors (Lipinski definition) is 1. The van der Waals surface area contributed by atoms with E-state index >= 15 is 0 Å². The van der Waals surface area contributed by atoms with E-state index in [1.807, 2.05) is 0 Å². The van der Waals surface area contributed by atoms with Crippen molar-refractivity contribution in [2.24, 2.45) is 5.92 Å². The molecule has 5 heteroatoms. The summed E-state index contributed by atoms with van der Waals surface area (Å²) in [4.78, 5) is 2.28. The van der Waals surface area contributed by atoms with Crippen molar-refractivity contribution in [1.29, 1.82) is 0 Å². The van der Waals surface area contributed by atoms with Crippen LogP contribution in [0.3, 0.4) is 0 Å². The van der Waals surface area contributed by atoms with E-state index in [1.54, 1.807) is 0 Å². The van der Waals surface area contributed by atoms with Gasteiger partial charge in [0, 0.05) is 31.6 Å². The second kappa shape index (κ2) is 8.23. The summed E-state index contributed by atoms with van der Waals surface area (Å²) in [6, 6.07) is 0.813. The van der Waals surface area contributed by atoms with Crippen molar-refractivity contribution in [1.82, 2.24) is 10.2 Å². The SMILES string of the molecule is CCCC1CNC(C(C)CC)CN1CCCC(F)(F)F. The van der Waals surface area contributed by atoms with E-state index in [4.69, 9.17) is 0 Å². The highest BCUT2D eigenvalue weighted by atomic mass is 19.4. The summed E-state index contributed by atoms with van der Waals surface area (Å²) >= 11 is 0. The van der Waals surface area contributed by atoms with E-state index in [9.17, 15) is 13.2 Å². The maximum Gasteiger partial charge on any atom is 0.389 e. The molecule has 1 saturated heterocycles. The summed E-state index contributed by atoms with van der Waals surface area (Å²) in [6.07, 6.45) is -1.22. The van der Waals surface area contributed by atoms with Gasteiger partial charge in [-0.05, 0) is 25.3 Å². The zero-order chi connectivity index (χ0) is 15.2. The molecule has 1 aliphatic heterocycles. The third kappa shape index (κ3) is 6.00. The number of alkyl halides is 3. The van der Waals surface area contributed by atoms with Crippen molar-refractivity contribution in [3.8, 4) is 0 Å². The molecule has 0 amide bonds. The second-order valence-corrected chi connectivity index (χ2v) is 6.06. The highest BCUT2D eigenvalue weighted by Crippen LogP contribution is 2.23. The van der Waals surface area contributed by atoms with Crippen LogP contribution in [0.5, 0.6) is 0 Å². The molecule has 0 aromatic carbocycles. The number of piperazine rings is 1. The lowest BCUT2D eigenvalue weighted by Gasteiger charge is -2.42. The quantitative estimate of drug-likeness (QED) is 0.768. The Balaban J connectivity index is 2.50. The molecule has 1 fully saturated rings. The second-order valence-electron chi connectivity index (χ2n) is 6.06. The molecule has 0 radical (unpaired) electrons. The fraction of sp³-hybridized carbons (Fsp3) is 1.00. The Kier molecular flexibility index (Phi) is 7.30. The first kappa shape index (κ1) is 17.8. The van der Waals surface area contributed by atoms with Crippen molar-refractivity contribution in [2.45, 2.75) is 71.1 Å². The number of nitrogens with zero attached hydrogens (tertiary/aromatic N) is 1. The minimum absolute atomic E-state index is 0.219. The van der Waals surface area contributed by atoms with E-state index in [0.29, 0.717) is 24.5 Å². The van der Waals surface area contributed by atoms with Gasteiger partial charge >= 0.3 is 6.18 Å². The Labute approximate surface area is 121 Å². The lowest BCUT2D eigenvalue weighted by Crippen LogP contribution is -2.58. The Morgan fingerprint density at radius 2 is 2.00 bits per heavy atom. The van der Waals surface area contributed by atoms with Crippen LogP contribution in [-0.2, 0) is 0 Å². The summed E-state index contributed by atoms with van der Waals surface area (Å²) in [6.45, 7) is 8.88. The third-order valence-corrected chi connectivity index (χ3v) is 4.42. The number of rotatable bonds is 7. The molecule has 1 rings (SSSR count). The molecule has 0 aromatic rings. The predicted octanol–water partition coefficient (Wildman–Crippen LogP) is 3.82. The molecular formula is C15H29F3N2. The van der Waals surface area contributed by atoms with Crippen molar-refractivity contribution >= 4 is 0 Å². The Morgan fingerprint density at radius 1 is 1.30 bits per heavy atom. The maximum atomic E-state index is 12.3. The molecule has 0 spiro atoms. The Hall–Kier alpha value is -0.290. The zero-order valence-electron chi connectivity index (χ0n) is 13.0. The highest BCUT2D eigenvalue weighted by Gasteiger charge is 2.31. The summed E-state index contributed by atoms with van der Waals surface area (Å²) in [7, 11) is 0. The topological polar surface area (TPSA) is 15.3 Å². The van der Waals surface area contributed by atoms with Crippen LogP contribution in [0.4, 0.5) is 13.2 Å². The van der Waals surface area contributed by atoms with Gasteiger partial charge in [0.1, 0.15) is 0 Å². The highest BCUT2D eigenvalue weighted by molar-refractivity contribution is 4.88. The smallest absolute Gasteiger partial charge is 0.311 e. The van der Waals surface area contributed by atoms with Crippen LogP contribution >= 0.6 is 0 Å². The average Bonchev–Trinajstić information content (AvgIpc) is 2.38. The molecular weight excluding hydrogens is 265 g/mol. The summed E-state index contributed by atoms with van der Waals surface area (Å²) < 4.78 is 36.9. The van der Waals surface area contributed by atoms with Crippen molar-refractivity contribution in [3.05, 3.63) is 0 Å². The molecule has 0 bridgehead atoms. The monoisotopic (exact) mass is 294 g/mol. The van der Waals surface area contributed by atoms with Gasteiger partial charge in [-0.25, -0.2) is 0 Å². The summed E-state index contributed by atoms with van der Waals surface area (Å²) in [5.74, 6) is 0.572. The largest absolute Gasteiger partial charge is 0.389 e.